The van der Waals surface area contributed by atoms with Gasteiger partial charge in [0, 0.05) is 45.5 Å². The number of hydrogen-bond donors (Lipinski definition) is 4. The Balaban J connectivity index is 0.000000123. The summed E-state index contributed by atoms with van der Waals surface area (Å²) in [4.78, 5) is 18.6. The fraction of sp³-hybridized carbons (Fsp3) is 0.146. The van der Waals surface area contributed by atoms with Crippen LogP contribution in [0.25, 0.3) is 66.4 Å². The average molecular weight is 1750 g/mol. The van der Waals surface area contributed by atoms with Crippen LogP contribution in [-0.2, 0) is 72.1 Å². The quantitative estimate of drug-likeness (QED) is 0.0291. The maximum absolute atomic E-state index is 6.06. The van der Waals surface area contributed by atoms with Gasteiger partial charge in [-0.1, -0.05) is 177 Å². The van der Waals surface area contributed by atoms with Crippen molar-refractivity contribution in [3.8, 4) is 74.5 Å². The van der Waals surface area contributed by atoms with Gasteiger partial charge in [0.05, 0.1) is 52.0 Å². The molecule has 4 N–H and O–H groups in total. The molecular weight excluding hydrogens is 1660 g/mol. The number of rotatable bonds is 34. The molecule has 0 radical (unpaired) electrons. The minimum atomic E-state index is 0.347. The molecule has 8 heterocycles. The fourth-order valence-electron chi connectivity index (χ4n) is 14.1. The Kier molecular flexibility index (Phi) is 29.1. The van der Waals surface area contributed by atoms with Gasteiger partial charge in [-0.2, -0.15) is 0 Å². The molecule has 20 rings (SSSR count). The summed E-state index contributed by atoms with van der Waals surface area (Å²) in [5.74, 6) is 10.1. The van der Waals surface area contributed by atoms with Crippen molar-refractivity contribution in [2.24, 2.45) is 5.92 Å². The number of tetrazole rings is 4. The Morgan fingerprint density at radius 2 is 0.621 bits per heavy atom. The number of methoxy groups -OCH3 is 1. The van der Waals surface area contributed by atoms with E-state index < -0.39 is 0 Å². The van der Waals surface area contributed by atoms with Crippen molar-refractivity contribution in [1.29, 1.82) is 0 Å². The van der Waals surface area contributed by atoms with E-state index in [-0.39, 0.29) is 0 Å². The van der Waals surface area contributed by atoms with Gasteiger partial charge in [-0.25, -0.2) is 40.3 Å². The molecule has 8 aromatic heterocycles. The summed E-state index contributed by atoms with van der Waals surface area (Å²) in [7, 11) is 1.60. The third kappa shape index (κ3) is 25.1. The molecule has 29 nitrogen and oxygen atoms in total. The number of nitrogens with zero attached hydrogens (tertiary/aromatic N) is 16. The second kappa shape index (κ2) is 44.3. The number of fused-ring (bicyclic) bond motifs is 4. The lowest BCUT2D eigenvalue weighted by Crippen LogP contribution is -2.03. The first-order valence-electron chi connectivity index (χ1n) is 42.8. The van der Waals surface area contributed by atoms with Crippen molar-refractivity contribution in [1.82, 2.24) is 102 Å². The minimum absolute atomic E-state index is 0.347. The highest BCUT2D eigenvalue weighted by atomic mass is 16.5. The van der Waals surface area contributed by atoms with Crippen molar-refractivity contribution in [2.75, 3.05) is 7.11 Å². The minimum Gasteiger partial charge on any atom is -0.493 e. The predicted molar refractivity (Wildman–Crippen MR) is 498 cm³/mol. The molecule has 0 aliphatic rings. The van der Waals surface area contributed by atoms with E-state index in [0.29, 0.717) is 88.3 Å². The number of hydrogen-bond acceptors (Lipinski definition) is 25. The monoisotopic (exact) mass is 1750 g/mol. The third-order valence-corrected chi connectivity index (χ3v) is 21.1. The van der Waals surface area contributed by atoms with Crippen LogP contribution in [0.5, 0.6) is 51.7 Å². The van der Waals surface area contributed by atoms with Gasteiger partial charge in [0.1, 0.15) is 98.9 Å². The number of nitrogens with one attached hydrogen (secondary N) is 4. The van der Waals surface area contributed by atoms with Crippen molar-refractivity contribution in [3.05, 3.63) is 401 Å². The molecule has 0 spiro atoms. The Labute approximate surface area is 759 Å². The molecule has 1 atom stereocenters. The second-order valence-corrected chi connectivity index (χ2v) is 30.8. The molecule has 0 amide bonds. The lowest BCUT2D eigenvalue weighted by Gasteiger charge is -2.13. The van der Waals surface area contributed by atoms with E-state index in [1.807, 2.05) is 273 Å². The molecule has 12 aromatic carbocycles. The average Bonchev–Trinajstić information content (AvgIpc) is 1.42. The molecular formula is C103H90N20O9. The molecule has 132 heavy (non-hydrogen) atoms. The number of aromatic nitrogens is 20. The first-order chi connectivity index (χ1) is 65.1. The maximum Gasteiger partial charge on any atom is 0.179 e. The summed E-state index contributed by atoms with van der Waals surface area (Å²) < 4.78 is 53.0. The van der Waals surface area contributed by atoms with Gasteiger partial charge in [-0.3, -0.25) is 0 Å². The van der Waals surface area contributed by atoms with Crippen molar-refractivity contribution >= 4 is 43.6 Å². The highest BCUT2D eigenvalue weighted by Gasteiger charge is 2.15. The van der Waals surface area contributed by atoms with E-state index in [2.05, 4.69) is 170 Å². The molecule has 0 saturated carbocycles. The SMILES string of the molecule is CC(CCc1nnn[nH]1)Cc1cccc(OCc2ccc(OCc3ccc4ccccc4n3)cc2)c1.COc1ccc(-c2nnn[nH]2)cc1OCc1cccc(OCc2ccc3ccccc3n2)c1.c1ccc2nc(COc3ccc(COc4ccc(-c5nnn[nH]5)cc4)cc3)ccc2c1.c1ccc2nc(COc3ccc(COc4ccc(Cc5nnn[nH]5)cc4)cc3)ccc2c1. The Morgan fingerprint density at radius 1 is 0.265 bits per heavy atom. The van der Waals surface area contributed by atoms with Gasteiger partial charge >= 0.3 is 0 Å². The van der Waals surface area contributed by atoms with E-state index in [1.165, 1.54) is 5.56 Å². The summed E-state index contributed by atoms with van der Waals surface area (Å²) in [5.41, 5.74) is 15.7. The summed E-state index contributed by atoms with van der Waals surface area (Å²) in [6.07, 6.45) is 3.51. The summed E-state index contributed by atoms with van der Waals surface area (Å²) in [6.45, 7) is 5.72. The number of aryl methyl sites for hydroxylation is 1. The zero-order valence-electron chi connectivity index (χ0n) is 72.1. The van der Waals surface area contributed by atoms with Crippen molar-refractivity contribution < 1.29 is 42.6 Å². The van der Waals surface area contributed by atoms with Gasteiger partial charge in [0.15, 0.2) is 29.0 Å². The van der Waals surface area contributed by atoms with Crippen LogP contribution >= 0.6 is 0 Å². The van der Waals surface area contributed by atoms with E-state index in [0.717, 1.165) is 176 Å². The maximum atomic E-state index is 6.06. The largest absolute Gasteiger partial charge is 0.493 e. The van der Waals surface area contributed by atoms with Crippen LogP contribution in [0.1, 0.15) is 81.1 Å². The zero-order chi connectivity index (χ0) is 89.5. The Hall–Kier alpha value is -17.2. The van der Waals surface area contributed by atoms with Crippen LogP contribution in [0.4, 0.5) is 0 Å². The lowest BCUT2D eigenvalue weighted by molar-refractivity contribution is 0.281. The highest BCUT2D eigenvalue weighted by molar-refractivity contribution is 5.81. The van der Waals surface area contributed by atoms with Gasteiger partial charge in [0.2, 0.25) is 0 Å². The number of ether oxygens (including phenoxy) is 9. The Morgan fingerprint density at radius 3 is 1.05 bits per heavy atom. The molecule has 0 aliphatic heterocycles. The van der Waals surface area contributed by atoms with Gasteiger partial charge in [-0.15, -0.1) is 20.4 Å². The molecule has 20 aromatic rings. The molecule has 656 valence electrons. The van der Waals surface area contributed by atoms with Crippen LogP contribution in [-0.4, -0.2) is 110 Å². The summed E-state index contributed by atoms with van der Waals surface area (Å²) in [5, 5.41) is 60.1. The molecule has 0 fully saturated rings. The summed E-state index contributed by atoms with van der Waals surface area (Å²) in [6, 6.07) is 110. The predicted octanol–water partition coefficient (Wildman–Crippen LogP) is 19.4. The standard InChI is InChI=1S/C29H29N5O2.C25H21N5O3.C25H21N5O2.C24H19N5O2/c1-21(9-16-29-31-33-34-32-29)17-23-5-4-7-27(18-23)35-19-22-10-14-26(15-11-22)36-20-25-13-12-24-6-2-3-8-28(24)30-25;1-31-23-12-10-19(25-27-29-30-28-25)14-24(23)33-15-17-5-4-7-21(13-17)32-16-20-11-9-18-6-2-3-8-22(18)26-20;1-2-4-24-20(3-1)9-10-21(26-24)17-32-23-13-7-19(8-14-23)16-31-22-11-5-18(6-12-22)15-25-27-29-30-28-25;1-2-4-23-18(3-1)7-10-20(25-23)16-31-21-11-5-17(6-12-21)15-30-22-13-8-19(9-14-22)24-26-28-29-27-24/h2-8,10-15,18,21H,9,16-17,19-20H2,1H3,(H,31,32,33,34);2-14H,15-16H2,1H3,(H,27,28,29,30);1-14H,15-17H2,(H,27,28,29,30);1-14H,15-16H2,(H,26,27,28,29). The number of para-hydroxylation sites is 4. The van der Waals surface area contributed by atoms with Gasteiger partial charge < -0.3 is 42.6 Å². The van der Waals surface area contributed by atoms with E-state index in [9.17, 15) is 0 Å². The molecule has 0 saturated heterocycles. The molecule has 1 unspecified atom stereocenters. The van der Waals surface area contributed by atoms with Crippen LogP contribution in [0.2, 0.25) is 0 Å². The first kappa shape index (κ1) is 86.9. The normalized spacial score (nSPS) is 11.1. The topological polar surface area (TPSA) is 352 Å². The number of aromatic amines is 4. The first-order valence-corrected chi connectivity index (χ1v) is 42.8. The second-order valence-electron chi connectivity index (χ2n) is 30.8. The number of pyridine rings is 4. The van der Waals surface area contributed by atoms with Crippen molar-refractivity contribution in [2.45, 2.75) is 85.5 Å². The molecule has 0 aliphatic carbocycles. The lowest BCUT2D eigenvalue weighted by atomic mass is 9.96. The fourth-order valence-corrected chi connectivity index (χ4v) is 14.1. The summed E-state index contributed by atoms with van der Waals surface area (Å²) >= 11 is 0. The smallest absolute Gasteiger partial charge is 0.179 e. The molecule has 29 heteroatoms. The highest BCUT2D eigenvalue weighted by Crippen LogP contribution is 2.34. The van der Waals surface area contributed by atoms with Gasteiger partial charge in [-0.05, 0) is 258 Å². The number of H-pyrrole nitrogens is 4. The van der Waals surface area contributed by atoms with Crippen molar-refractivity contribution in [3.63, 3.8) is 0 Å². The third-order valence-electron chi connectivity index (χ3n) is 21.1. The van der Waals surface area contributed by atoms with Crippen LogP contribution in [0.15, 0.2) is 334 Å². The number of benzene rings is 12. The van der Waals surface area contributed by atoms with Crippen LogP contribution in [0.3, 0.4) is 0 Å². The Bertz CT molecular complexity index is 7000. The van der Waals surface area contributed by atoms with E-state index in [4.69, 9.17) is 42.6 Å². The van der Waals surface area contributed by atoms with Crippen LogP contribution in [0, 0.1) is 5.92 Å². The molecule has 0 bridgehead atoms. The zero-order valence-corrected chi connectivity index (χ0v) is 72.1. The van der Waals surface area contributed by atoms with E-state index >= 15 is 0 Å². The van der Waals surface area contributed by atoms with E-state index in [1.54, 1.807) is 7.11 Å². The van der Waals surface area contributed by atoms with Gasteiger partial charge in [0.25, 0.3) is 0 Å². The van der Waals surface area contributed by atoms with Crippen LogP contribution < -0.4 is 42.6 Å².